The summed E-state index contributed by atoms with van der Waals surface area (Å²) in [6, 6.07) is 7.04. The molecule has 1 N–H and O–H groups in total. The lowest BCUT2D eigenvalue weighted by atomic mass is 9.80. The molecule has 7 heteroatoms. The number of allylic oxidation sites excluding steroid dienone is 1. The van der Waals surface area contributed by atoms with Gasteiger partial charge in [0.1, 0.15) is 11.5 Å². The molecule has 0 spiro atoms. The molecule has 2 aromatic rings. The molecule has 0 aromatic heterocycles. The van der Waals surface area contributed by atoms with Crippen LogP contribution < -0.4 is 28.4 Å². The Morgan fingerprint density at radius 1 is 0.645 bits per heavy atom. The zero-order chi connectivity index (χ0) is 23.1. The first-order valence-electron chi connectivity index (χ1n) is 9.80. The van der Waals surface area contributed by atoms with Crippen LogP contribution in [0.25, 0.3) is 0 Å². The lowest BCUT2D eigenvalue weighted by Gasteiger charge is -2.29. The maximum Gasteiger partial charge on any atom is 0.164 e. The van der Waals surface area contributed by atoms with Crippen molar-refractivity contribution in [2.45, 2.75) is 18.9 Å². The van der Waals surface area contributed by atoms with E-state index in [1.54, 1.807) is 66.9 Å². The Morgan fingerprint density at radius 2 is 1.00 bits per heavy atom. The molecule has 170 valence electrons. The summed E-state index contributed by atoms with van der Waals surface area (Å²) < 4.78 is 32.7. The summed E-state index contributed by atoms with van der Waals surface area (Å²) in [5.41, 5.74) is 1.40. The largest absolute Gasteiger partial charge is 0.496 e. The summed E-state index contributed by atoms with van der Waals surface area (Å²) in [5, 5.41) is 11.3. The Kier molecular flexibility index (Phi) is 8.45. The van der Waals surface area contributed by atoms with Gasteiger partial charge in [-0.1, -0.05) is 13.0 Å². The number of ether oxygens (including phenoxy) is 6. The van der Waals surface area contributed by atoms with E-state index in [1.807, 2.05) is 13.0 Å². The van der Waals surface area contributed by atoms with E-state index in [9.17, 15) is 5.11 Å². The van der Waals surface area contributed by atoms with Crippen molar-refractivity contribution < 1.29 is 33.5 Å². The van der Waals surface area contributed by atoms with Crippen LogP contribution in [0.1, 0.15) is 30.1 Å². The van der Waals surface area contributed by atoms with Gasteiger partial charge in [0, 0.05) is 29.2 Å². The Bertz CT molecular complexity index is 894. The Hall–Kier alpha value is -3.06. The number of aliphatic hydroxyl groups is 1. The van der Waals surface area contributed by atoms with Gasteiger partial charge in [0.15, 0.2) is 23.0 Å². The van der Waals surface area contributed by atoms with Gasteiger partial charge >= 0.3 is 0 Å². The van der Waals surface area contributed by atoms with E-state index in [2.05, 4.69) is 6.58 Å². The summed E-state index contributed by atoms with van der Waals surface area (Å²) in [6.45, 7) is 5.93. The maximum atomic E-state index is 11.3. The van der Waals surface area contributed by atoms with Crippen molar-refractivity contribution in [1.29, 1.82) is 0 Å². The summed E-state index contributed by atoms with van der Waals surface area (Å²) in [5.74, 6) is 2.70. The highest BCUT2D eigenvalue weighted by Crippen LogP contribution is 2.46. The zero-order valence-corrected chi connectivity index (χ0v) is 19.2. The van der Waals surface area contributed by atoms with Crippen LogP contribution in [-0.2, 0) is 0 Å². The molecule has 0 fully saturated rings. The molecule has 0 aliphatic heterocycles. The smallest absolute Gasteiger partial charge is 0.164 e. The van der Waals surface area contributed by atoms with Crippen LogP contribution >= 0.6 is 0 Å². The Labute approximate surface area is 184 Å². The van der Waals surface area contributed by atoms with Crippen molar-refractivity contribution in [3.63, 3.8) is 0 Å². The summed E-state index contributed by atoms with van der Waals surface area (Å²) >= 11 is 0. The van der Waals surface area contributed by atoms with Crippen LogP contribution in [-0.4, -0.2) is 47.8 Å². The fourth-order valence-electron chi connectivity index (χ4n) is 3.70. The molecule has 0 radical (unpaired) electrons. The van der Waals surface area contributed by atoms with E-state index in [4.69, 9.17) is 28.4 Å². The first-order valence-corrected chi connectivity index (χ1v) is 9.80. The average Bonchev–Trinajstić information content (AvgIpc) is 2.82. The van der Waals surface area contributed by atoms with Crippen LogP contribution in [0, 0.1) is 5.92 Å². The molecule has 31 heavy (non-hydrogen) atoms. The van der Waals surface area contributed by atoms with Gasteiger partial charge in [-0.2, -0.15) is 0 Å². The molecule has 0 bridgehead atoms. The predicted molar refractivity (Wildman–Crippen MR) is 119 cm³/mol. The Morgan fingerprint density at radius 3 is 1.39 bits per heavy atom. The fourth-order valence-corrected chi connectivity index (χ4v) is 3.70. The van der Waals surface area contributed by atoms with Crippen LogP contribution in [0.4, 0.5) is 0 Å². The standard InChI is InChI=1S/C24H32O7/c1-9-15(16-10-20(28-5)22(30-7)12-18(16)26-3)14(2)24(25)17-11-21(29-6)23(31-8)13-19(17)27-4/h9-15,24-25H,1H2,2-8H3/t14-,15+,24-/m1/s1. The number of benzene rings is 2. The highest BCUT2D eigenvalue weighted by Gasteiger charge is 2.30. The van der Waals surface area contributed by atoms with E-state index in [1.165, 1.54) is 0 Å². The van der Waals surface area contributed by atoms with Gasteiger partial charge in [-0.15, -0.1) is 6.58 Å². The minimum Gasteiger partial charge on any atom is -0.496 e. The first kappa shape index (κ1) is 24.2. The van der Waals surface area contributed by atoms with Gasteiger partial charge in [-0.05, 0) is 18.1 Å². The van der Waals surface area contributed by atoms with Gasteiger partial charge in [0.05, 0.1) is 48.8 Å². The molecule has 3 atom stereocenters. The van der Waals surface area contributed by atoms with Crippen LogP contribution in [0.2, 0.25) is 0 Å². The van der Waals surface area contributed by atoms with Gasteiger partial charge < -0.3 is 33.5 Å². The third-order valence-corrected chi connectivity index (χ3v) is 5.47. The minimum absolute atomic E-state index is 0.262. The second-order valence-electron chi connectivity index (χ2n) is 6.96. The summed E-state index contributed by atoms with van der Waals surface area (Å²) in [7, 11) is 9.37. The van der Waals surface area contributed by atoms with E-state index in [0.717, 1.165) is 5.56 Å². The lowest BCUT2D eigenvalue weighted by molar-refractivity contribution is 0.106. The van der Waals surface area contributed by atoms with Crippen LogP contribution in [0.15, 0.2) is 36.9 Å². The number of rotatable bonds is 11. The molecule has 0 saturated heterocycles. The van der Waals surface area contributed by atoms with Crippen molar-refractivity contribution in [2.75, 3.05) is 42.7 Å². The van der Waals surface area contributed by atoms with Crippen LogP contribution in [0.3, 0.4) is 0 Å². The van der Waals surface area contributed by atoms with Crippen molar-refractivity contribution in [1.82, 2.24) is 0 Å². The zero-order valence-electron chi connectivity index (χ0n) is 19.2. The normalized spacial score (nSPS) is 13.5. The molecule has 2 aromatic carbocycles. The number of methoxy groups -OCH3 is 6. The summed E-state index contributed by atoms with van der Waals surface area (Å²) in [4.78, 5) is 0. The lowest BCUT2D eigenvalue weighted by Crippen LogP contribution is -2.18. The van der Waals surface area contributed by atoms with Crippen molar-refractivity contribution in [3.8, 4) is 34.5 Å². The number of aliphatic hydroxyl groups excluding tert-OH is 1. The number of hydrogen-bond donors (Lipinski definition) is 1. The third-order valence-electron chi connectivity index (χ3n) is 5.47. The van der Waals surface area contributed by atoms with E-state index in [-0.39, 0.29) is 11.8 Å². The quantitative estimate of drug-likeness (QED) is 0.528. The second kappa shape index (κ2) is 10.8. The Balaban J connectivity index is 2.54. The second-order valence-corrected chi connectivity index (χ2v) is 6.96. The van der Waals surface area contributed by atoms with Crippen molar-refractivity contribution in [3.05, 3.63) is 48.0 Å². The first-order chi connectivity index (χ1) is 14.9. The average molecular weight is 433 g/mol. The third kappa shape index (κ3) is 4.82. The topological polar surface area (TPSA) is 75.6 Å². The van der Waals surface area contributed by atoms with Gasteiger partial charge in [-0.25, -0.2) is 0 Å². The number of hydrogen-bond acceptors (Lipinski definition) is 7. The van der Waals surface area contributed by atoms with E-state index >= 15 is 0 Å². The molecule has 0 unspecified atom stereocenters. The molecular formula is C24H32O7. The van der Waals surface area contributed by atoms with Gasteiger partial charge in [0.2, 0.25) is 0 Å². The highest BCUT2D eigenvalue weighted by molar-refractivity contribution is 5.54. The SMILES string of the molecule is C=C[C@H](c1cc(OC)c(OC)cc1OC)[C@@H](C)[C@@H](O)c1cc(OC)c(OC)cc1OC. The molecule has 7 nitrogen and oxygen atoms in total. The molecule has 0 aliphatic rings. The highest BCUT2D eigenvalue weighted by atomic mass is 16.5. The van der Waals surface area contributed by atoms with Crippen molar-refractivity contribution >= 4 is 0 Å². The summed E-state index contributed by atoms with van der Waals surface area (Å²) in [6.07, 6.45) is 0.890. The molecule has 0 saturated carbocycles. The maximum absolute atomic E-state index is 11.3. The molecular weight excluding hydrogens is 400 g/mol. The van der Waals surface area contributed by atoms with E-state index < -0.39 is 6.10 Å². The molecule has 0 amide bonds. The monoisotopic (exact) mass is 432 g/mol. The molecule has 2 rings (SSSR count). The minimum atomic E-state index is -0.893. The van der Waals surface area contributed by atoms with Gasteiger partial charge in [-0.3, -0.25) is 0 Å². The fraction of sp³-hybridized carbons (Fsp3) is 0.417. The van der Waals surface area contributed by atoms with Crippen LogP contribution in [0.5, 0.6) is 34.5 Å². The van der Waals surface area contributed by atoms with E-state index in [0.29, 0.717) is 40.1 Å². The van der Waals surface area contributed by atoms with Crippen molar-refractivity contribution in [2.24, 2.45) is 5.92 Å². The molecule has 0 heterocycles. The van der Waals surface area contributed by atoms with Gasteiger partial charge in [0.25, 0.3) is 0 Å². The predicted octanol–water partition coefficient (Wildman–Crippen LogP) is 4.38. The molecule has 0 aliphatic carbocycles.